The molecule has 1 aromatic carbocycles. The van der Waals surface area contributed by atoms with E-state index in [0.29, 0.717) is 17.6 Å². The highest BCUT2D eigenvalue weighted by Gasteiger charge is 2.40. The third-order valence-corrected chi connectivity index (χ3v) is 6.65. The normalized spacial score (nSPS) is 22.5. The van der Waals surface area contributed by atoms with Crippen LogP contribution in [0.25, 0.3) is 0 Å². The number of phenolic OH excluding ortho intramolecular Hbond substituents is 1. The predicted octanol–water partition coefficient (Wildman–Crippen LogP) is 5.10. The summed E-state index contributed by atoms with van der Waals surface area (Å²) in [6.45, 7) is 0. The molecule has 1 aromatic rings. The van der Waals surface area contributed by atoms with Crippen LogP contribution >= 0.6 is 27.7 Å². The van der Waals surface area contributed by atoms with Gasteiger partial charge in [-0.1, -0.05) is 0 Å². The first-order valence-electron chi connectivity index (χ1n) is 8.42. The lowest BCUT2D eigenvalue weighted by Gasteiger charge is -2.33. The molecule has 4 rings (SSSR count). The monoisotopic (exact) mass is 461 g/mol. The second-order valence-electron chi connectivity index (χ2n) is 6.56. The van der Waals surface area contributed by atoms with Crippen LogP contribution in [-0.2, 0) is 4.79 Å². The van der Waals surface area contributed by atoms with Gasteiger partial charge in [-0.05, 0) is 41.3 Å². The fraction of sp³-hybridized carbons (Fsp3) is 0.389. The summed E-state index contributed by atoms with van der Waals surface area (Å²) < 4.78 is 41.7. The number of halogens is 4. The largest absolute Gasteiger partial charge is 0.573 e. The minimum Gasteiger partial charge on any atom is -0.507 e. The predicted molar refractivity (Wildman–Crippen MR) is 98.4 cm³/mol. The zero-order chi connectivity index (χ0) is 19.3. The molecule has 0 bridgehead atoms. The van der Waals surface area contributed by atoms with E-state index in [-0.39, 0.29) is 16.0 Å². The second-order valence-corrected chi connectivity index (χ2v) is 8.55. The molecule has 1 atom stereocenters. The number of carbonyl (C=O) groups excluding carboxylic acids is 1. The highest BCUT2D eigenvalue weighted by Crippen LogP contribution is 2.52. The molecule has 0 spiro atoms. The van der Waals surface area contributed by atoms with Gasteiger partial charge in [-0.3, -0.25) is 4.79 Å². The molecule has 9 heteroatoms. The van der Waals surface area contributed by atoms with E-state index in [1.807, 2.05) is 0 Å². The summed E-state index contributed by atoms with van der Waals surface area (Å²) in [7, 11) is 0. The number of alkyl halides is 3. The number of ether oxygens (including phenoxy) is 1. The number of benzene rings is 1. The number of rotatable bonds is 2. The maximum Gasteiger partial charge on any atom is 0.573 e. The SMILES string of the molecule is O=C1CCCC2=C1C(c1cc(Br)c(OC(F)(F)F)cc1O)C1=C(CCS1)N2. The number of phenols is 1. The van der Waals surface area contributed by atoms with E-state index in [0.717, 1.165) is 47.4 Å². The summed E-state index contributed by atoms with van der Waals surface area (Å²) in [5, 5.41) is 13.9. The lowest BCUT2D eigenvalue weighted by molar-refractivity contribution is -0.274. The molecule has 144 valence electrons. The summed E-state index contributed by atoms with van der Waals surface area (Å²) in [5.74, 6) is -0.434. The van der Waals surface area contributed by atoms with Crippen molar-refractivity contribution < 1.29 is 27.8 Å². The summed E-state index contributed by atoms with van der Waals surface area (Å²) in [4.78, 5) is 13.6. The topological polar surface area (TPSA) is 58.6 Å². The Balaban J connectivity index is 1.82. The number of aromatic hydroxyl groups is 1. The first-order valence-corrected chi connectivity index (χ1v) is 10.2. The molecule has 2 N–H and O–H groups in total. The number of hydrogen-bond donors (Lipinski definition) is 2. The second kappa shape index (κ2) is 6.77. The molecule has 0 aromatic heterocycles. The summed E-state index contributed by atoms with van der Waals surface area (Å²) in [5.41, 5.74) is 2.91. The first-order chi connectivity index (χ1) is 12.7. The minimum atomic E-state index is -4.86. The average Bonchev–Trinajstić information content (AvgIpc) is 3.03. The fourth-order valence-corrected chi connectivity index (χ4v) is 5.49. The van der Waals surface area contributed by atoms with Gasteiger partial charge in [0.05, 0.1) is 10.4 Å². The maximum absolute atomic E-state index is 12.7. The number of thioether (sulfide) groups is 1. The van der Waals surface area contributed by atoms with Crippen molar-refractivity contribution in [3.8, 4) is 11.5 Å². The molecule has 0 amide bonds. The molecule has 4 nitrogen and oxygen atoms in total. The molecular formula is C18H15BrF3NO3S. The van der Waals surface area contributed by atoms with Crippen LogP contribution in [0.15, 0.2) is 38.5 Å². The number of dihydropyridines is 1. The van der Waals surface area contributed by atoms with Crippen molar-refractivity contribution in [2.24, 2.45) is 0 Å². The van der Waals surface area contributed by atoms with Crippen LogP contribution in [0.2, 0.25) is 0 Å². The van der Waals surface area contributed by atoms with E-state index in [1.54, 1.807) is 11.8 Å². The third-order valence-electron chi connectivity index (χ3n) is 4.83. The molecule has 1 aliphatic carbocycles. The molecule has 0 saturated carbocycles. The van der Waals surface area contributed by atoms with Gasteiger partial charge in [0.15, 0.2) is 5.78 Å². The highest BCUT2D eigenvalue weighted by molar-refractivity contribution is 9.10. The first kappa shape index (κ1) is 18.7. The molecular weight excluding hydrogens is 447 g/mol. The Hall–Kier alpha value is -1.61. The minimum absolute atomic E-state index is 0.0129. The lowest BCUT2D eigenvalue weighted by Crippen LogP contribution is -2.30. The summed E-state index contributed by atoms with van der Waals surface area (Å²) in [6.07, 6.45) is -2.09. The Morgan fingerprint density at radius 2 is 2.00 bits per heavy atom. The smallest absolute Gasteiger partial charge is 0.507 e. The molecule has 27 heavy (non-hydrogen) atoms. The van der Waals surface area contributed by atoms with Gasteiger partial charge in [0, 0.05) is 45.7 Å². The Morgan fingerprint density at radius 3 is 2.74 bits per heavy atom. The van der Waals surface area contributed by atoms with Gasteiger partial charge >= 0.3 is 6.36 Å². The van der Waals surface area contributed by atoms with Gasteiger partial charge in [0.1, 0.15) is 11.5 Å². The standard InChI is InChI=1S/C18H15BrF3NO3S/c19-9-6-8(13(25)7-14(9)26-18(20,21)22)15-16-10(2-1-3-12(16)24)23-11-4-5-27-17(11)15/h6-7,15,23,25H,1-5H2. The van der Waals surface area contributed by atoms with Gasteiger partial charge in [-0.2, -0.15) is 0 Å². The fourth-order valence-electron chi connectivity index (χ4n) is 3.79. The van der Waals surface area contributed by atoms with Gasteiger partial charge in [-0.15, -0.1) is 24.9 Å². The lowest BCUT2D eigenvalue weighted by atomic mass is 9.79. The molecule has 0 saturated heterocycles. The zero-order valence-corrected chi connectivity index (χ0v) is 16.4. The van der Waals surface area contributed by atoms with Gasteiger partial charge in [0.2, 0.25) is 0 Å². The average molecular weight is 462 g/mol. The Morgan fingerprint density at radius 1 is 1.22 bits per heavy atom. The van der Waals surface area contributed by atoms with Crippen LogP contribution < -0.4 is 10.1 Å². The van der Waals surface area contributed by atoms with Crippen molar-refractivity contribution in [3.05, 3.63) is 44.0 Å². The van der Waals surface area contributed by atoms with Crippen molar-refractivity contribution in [1.29, 1.82) is 0 Å². The molecule has 2 heterocycles. The van der Waals surface area contributed by atoms with E-state index >= 15 is 0 Å². The van der Waals surface area contributed by atoms with E-state index in [9.17, 15) is 23.1 Å². The Bertz CT molecular complexity index is 895. The number of Topliss-reactive ketones (excluding diaryl/α,β-unsaturated/α-hetero) is 1. The van der Waals surface area contributed by atoms with Crippen molar-refractivity contribution >= 4 is 33.5 Å². The van der Waals surface area contributed by atoms with Crippen LogP contribution in [-0.4, -0.2) is 23.0 Å². The number of carbonyl (C=O) groups is 1. The van der Waals surface area contributed by atoms with Crippen molar-refractivity contribution in [1.82, 2.24) is 5.32 Å². The number of nitrogens with one attached hydrogen (secondary N) is 1. The van der Waals surface area contributed by atoms with Crippen LogP contribution in [0.5, 0.6) is 11.5 Å². The number of ketones is 1. The number of allylic oxidation sites excluding steroid dienone is 4. The van der Waals surface area contributed by atoms with E-state index in [2.05, 4.69) is 26.0 Å². The van der Waals surface area contributed by atoms with E-state index in [4.69, 9.17) is 0 Å². The summed E-state index contributed by atoms with van der Waals surface area (Å²) >= 11 is 4.71. The number of hydrogen-bond acceptors (Lipinski definition) is 5. The Labute approximate surface area is 166 Å². The van der Waals surface area contributed by atoms with E-state index < -0.39 is 18.0 Å². The van der Waals surface area contributed by atoms with Crippen molar-refractivity contribution in [3.63, 3.8) is 0 Å². The van der Waals surface area contributed by atoms with Crippen LogP contribution in [0.4, 0.5) is 13.2 Å². The summed E-state index contributed by atoms with van der Waals surface area (Å²) in [6, 6.07) is 2.37. The third kappa shape index (κ3) is 3.47. The molecule has 2 aliphatic heterocycles. The molecule has 0 fully saturated rings. The maximum atomic E-state index is 12.7. The van der Waals surface area contributed by atoms with E-state index in [1.165, 1.54) is 6.07 Å². The van der Waals surface area contributed by atoms with Crippen LogP contribution in [0, 0.1) is 0 Å². The quantitative estimate of drug-likeness (QED) is 0.641. The Kier molecular flexibility index (Phi) is 4.70. The van der Waals surface area contributed by atoms with Crippen molar-refractivity contribution in [2.75, 3.05) is 5.75 Å². The van der Waals surface area contributed by atoms with Gasteiger partial charge in [-0.25, -0.2) is 0 Å². The van der Waals surface area contributed by atoms with Gasteiger partial charge < -0.3 is 15.2 Å². The zero-order valence-electron chi connectivity index (χ0n) is 14.0. The van der Waals surface area contributed by atoms with Gasteiger partial charge in [0.25, 0.3) is 0 Å². The molecule has 3 aliphatic rings. The molecule has 1 unspecified atom stereocenters. The van der Waals surface area contributed by atoms with Crippen LogP contribution in [0.1, 0.15) is 37.2 Å². The van der Waals surface area contributed by atoms with Crippen LogP contribution in [0.3, 0.4) is 0 Å². The van der Waals surface area contributed by atoms with Crippen molar-refractivity contribution in [2.45, 2.75) is 38.0 Å². The highest BCUT2D eigenvalue weighted by atomic mass is 79.9. The molecule has 0 radical (unpaired) electrons.